The van der Waals surface area contributed by atoms with E-state index in [0.29, 0.717) is 6.54 Å². The van der Waals surface area contributed by atoms with Crippen LogP contribution < -0.4 is 5.32 Å². The number of amides is 1. The van der Waals surface area contributed by atoms with E-state index in [1.165, 1.54) is 0 Å². The maximum absolute atomic E-state index is 12.5. The summed E-state index contributed by atoms with van der Waals surface area (Å²) in [5.41, 5.74) is 0.670. The topological polar surface area (TPSA) is 44.7 Å². The molecule has 18 heavy (non-hydrogen) atoms. The van der Waals surface area contributed by atoms with Crippen LogP contribution in [0.2, 0.25) is 0 Å². The van der Waals surface area contributed by atoms with Crippen LogP contribution in [0.4, 0.5) is 0 Å². The lowest BCUT2D eigenvalue weighted by Crippen LogP contribution is -2.48. The Labute approximate surface area is 107 Å². The molecule has 0 atom stereocenters. The van der Waals surface area contributed by atoms with Crippen molar-refractivity contribution < 1.29 is 4.79 Å². The van der Waals surface area contributed by atoms with Crippen LogP contribution in [0.25, 0.3) is 0 Å². The molecule has 0 saturated carbocycles. The molecule has 2 heterocycles. The van der Waals surface area contributed by atoms with E-state index in [4.69, 9.17) is 0 Å². The molecular formula is C14H17N3O. The van der Waals surface area contributed by atoms with Crippen molar-refractivity contribution in [3.63, 3.8) is 0 Å². The molecule has 3 rings (SSSR count). The molecule has 0 aliphatic carbocycles. The molecule has 0 unspecified atom stereocenters. The molecule has 1 aromatic rings. The molecule has 4 nitrogen and oxygen atoms in total. The second-order valence-electron chi connectivity index (χ2n) is 4.94. The molecule has 1 spiro atoms. The van der Waals surface area contributed by atoms with Crippen LogP contribution >= 0.6 is 0 Å². The Morgan fingerprint density at radius 1 is 1.22 bits per heavy atom. The SMILES string of the molecule is O=C1N(Cc2ccccc2)C=NC12CCNCC2. The normalized spacial score (nSPS) is 21.8. The summed E-state index contributed by atoms with van der Waals surface area (Å²) < 4.78 is 0. The molecule has 1 N–H and O–H groups in total. The van der Waals surface area contributed by atoms with E-state index in [0.717, 1.165) is 31.5 Å². The van der Waals surface area contributed by atoms with Gasteiger partial charge in [0.2, 0.25) is 0 Å². The third kappa shape index (κ3) is 1.93. The van der Waals surface area contributed by atoms with Crippen LogP contribution in [0.5, 0.6) is 0 Å². The third-order valence-electron chi connectivity index (χ3n) is 3.73. The zero-order valence-electron chi connectivity index (χ0n) is 10.3. The van der Waals surface area contributed by atoms with Crippen LogP contribution in [-0.4, -0.2) is 35.8 Å². The smallest absolute Gasteiger partial charge is 0.256 e. The van der Waals surface area contributed by atoms with Crippen molar-refractivity contribution in [2.24, 2.45) is 4.99 Å². The first kappa shape index (κ1) is 11.4. The Bertz CT molecular complexity index is 463. The maximum atomic E-state index is 12.5. The highest BCUT2D eigenvalue weighted by atomic mass is 16.2. The molecular weight excluding hydrogens is 226 g/mol. The average Bonchev–Trinajstić information content (AvgIpc) is 2.71. The minimum Gasteiger partial charge on any atom is -0.317 e. The molecule has 4 heteroatoms. The van der Waals surface area contributed by atoms with Gasteiger partial charge in [0.15, 0.2) is 0 Å². The van der Waals surface area contributed by atoms with E-state index >= 15 is 0 Å². The van der Waals surface area contributed by atoms with E-state index in [1.54, 1.807) is 11.2 Å². The predicted octanol–water partition coefficient (Wildman–Crippen LogP) is 1.18. The third-order valence-corrected chi connectivity index (χ3v) is 3.73. The highest BCUT2D eigenvalue weighted by Crippen LogP contribution is 2.29. The number of rotatable bonds is 2. The van der Waals surface area contributed by atoms with Gasteiger partial charge in [-0.25, -0.2) is 0 Å². The summed E-state index contributed by atoms with van der Waals surface area (Å²) >= 11 is 0. The number of carbonyl (C=O) groups is 1. The summed E-state index contributed by atoms with van der Waals surface area (Å²) in [4.78, 5) is 18.7. The summed E-state index contributed by atoms with van der Waals surface area (Å²) in [6.45, 7) is 2.38. The van der Waals surface area contributed by atoms with Gasteiger partial charge in [-0.15, -0.1) is 0 Å². The first-order valence-electron chi connectivity index (χ1n) is 6.41. The number of benzene rings is 1. The summed E-state index contributed by atoms with van der Waals surface area (Å²) in [6, 6.07) is 10.0. The highest BCUT2D eigenvalue weighted by Gasteiger charge is 2.44. The number of piperidine rings is 1. The Kier molecular flexibility index (Phi) is 2.88. The van der Waals surface area contributed by atoms with Gasteiger partial charge in [-0.3, -0.25) is 14.7 Å². The zero-order valence-corrected chi connectivity index (χ0v) is 10.3. The zero-order chi connectivity index (χ0) is 12.4. The van der Waals surface area contributed by atoms with Crippen LogP contribution in [0, 0.1) is 0 Å². The van der Waals surface area contributed by atoms with Gasteiger partial charge in [-0.2, -0.15) is 0 Å². The van der Waals surface area contributed by atoms with Gasteiger partial charge < -0.3 is 5.32 Å². The molecule has 0 radical (unpaired) electrons. The van der Waals surface area contributed by atoms with Crippen molar-refractivity contribution >= 4 is 12.2 Å². The number of nitrogens with one attached hydrogen (secondary N) is 1. The van der Waals surface area contributed by atoms with E-state index in [9.17, 15) is 4.79 Å². The van der Waals surface area contributed by atoms with Crippen LogP contribution in [0.15, 0.2) is 35.3 Å². The number of hydrogen-bond acceptors (Lipinski definition) is 3. The molecule has 0 aromatic heterocycles. The lowest BCUT2D eigenvalue weighted by molar-refractivity contribution is -0.132. The molecule has 94 valence electrons. The van der Waals surface area contributed by atoms with E-state index in [-0.39, 0.29) is 5.91 Å². The minimum atomic E-state index is -0.472. The number of hydrogen-bond donors (Lipinski definition) is 1. The Balaban J connectivity index is 1.73. The van der Waals surface area contributed by atoms with Crippen molar-refractivity contribution in [2.75, 3.05) is 13.1 Å². The van der Waals surface area contributed by atoms with E-state index < -0.39 is 5.54 Å². The number of aliphatic imine (C=N–C) groups is 1. The van der Waals surface area contributed by atoms with Crippen molar-refractivity contribution in [2.45, 2.75) is 24.9 Å². The first-order valence-corrected chi connectivity index (χ1v) is 6.41. The van der Waals surface area contributed by atoms with Gasteiger partial charge in [0.1, 0.15) is 5.54 Å². The van der Waals surface area contributed by atoms with Gasteiger partial charge >= 0.3 is 0 Å². The first-order chi connectivity index (χ1) is 8.80. The molecule has 1 saturated heterocycles. The standard InChI is InChI=1S/C14H17N3O/c18-13-14(6-8-15-9-7-14)16-11-17(13)10-12-4-2-1-3-5-12/h1-5,11,15H,6-10H2. The summed E-state index contributed by atoms with van der Waals surface area (Å²) in [5, 5.41) is 3.28. The maximum Gasteiger partial charge on any atom is 0.256 e. The summed E-state index contributed by atoms with van der Waals surface area (Å²) in [5.74, 6) is 0.160. The largest absolute Gasteiger partial charge is 0.317 e. The van der Waals surface area contributed by atoms with Gasteiger partial charge in [0.05, 0.1) is 12.9 Å². The van der Waals surface area contributed by atoms with Crippen molar-refractivity contribution in [1.82, 2.24) is 10.2 Å². The van der Waals surface area contributed by atoms with Gasteiger partial charge in [-0.05, 0) is 31.5 Å². The summed E-state index contributed by atoms with van der Waals surface area (Å²) in [7, 11) is 0. The lowest BCUT2D eigenvalue weighted by atomic mass is 9.88. The van der Waals surface area contributed by atoms with Crippen LogP contribution in [-0.2, 0) is 11.3 Å². The number of nitrogens with zero attached hydrogens (tertiary/aromatic N) is 2. The van der Waals surface area contributed by atoms with E-state index in [1.807, 2.05) is 30.3 Å². The molecule has 0 bridgehead atoms. The minimum absolute atomic E-state index is 0.160. The molecule has 1 amide bonds. The van der Waals surface area contributed by atoms with Crippen molar-refractivity contribution in [3.05, 3.63) is 35.9 Å². The Morgan fingerprint density at radius 3 is 2.67 bits per heavy atom. The second-order valence-corrected chi connectivity index (χ2v) is 4.94. The van der Waals surface area contributed by atoms with Gasteiger partial charge in [0.25, 0.3) is 5.91 Å². The van der Waals surface area contributed by atoms with E-state index in [2.05, 4.69) is 10.3 Å². The van der Waals surface area contributed by atoms with Crippen molar-refractivity contribution in [1.29, 1.82) is 0 Å². The molecule has 2 aliphatic heterocycles. The number of carbonyl (C=O) groups excluding carboxylic acids is 1. The van der Waals surface area contributed by atoms with Gasteiger partial charge in [0, 0.05) is 0 Å². The monoisotopic (exact) mass is 243 g/mol. The predicted molar refractivity (Wildman–Crippen MR) is 70.3 cm³/mol. The van der Waals surface area contributed by atoms with Gasteiger partial charge in [-0.1, -0.05) is 30.3 Å². The molecule has 1 fully saturated rings. The Morgan fingerprint density at radius 2 is 1.94 bits per heavy atom. The molecule has 2 aliphatic rings. The second kappa shape index (κ2) is 4.53. The lowest BCUT2D eigenvalue weighted by Gasteiger charge is -2.30. The Hall–Kier alpha value is -1.68. The van der Waals surface area contributed by atoms with Crippen LogP contribution in [0.3, 0.4) is 0 Å². The fourth-order valence-corrected chi connectivity index (χ4v) is 2.63. The quantitative estimate of drug-likeness (QED) is 0.847. The average molecular weight is 243 g/mol. The molecule has 1 aromatic carbocycles. The fraction of sp³-hybridized carbons (Fsp3) is 0.429. The highest BCUT2D eigenvalue weighted by molar-refractivity contribution is 6.00. The van der Waals surface area contributed by atoms with Crippen molar-refractivity contribution in [3.8, 4) is 0 Å². The summed E-state index contributed by atoms with van der Waals surface area (Å²) in [6.07, 6.45) is 3.35. The van der Waals surface area contributed by atoms with Crippen LogP contribution in [0.1, 0.15) is 18.4 Å². The fourth-order valence-electron chi connectivity index (χ4n) is 2.63.